The molecule has 0 saturated carbocycles. The van der Waals surface area contributed by atoms with Crippen molar-refractivity contribution in [3.05, 3.63) is 80.2 Å². The summed E-state index contributed by atoms with van der Waals surface area (Å²) in [7, 11) is 1.55. The predicted molar refractivity (Wildman–Crippen MR) is 133 cm³/mol. The molecule has 1 heterocycles. The molecule has 0 fully saturated rings. The van der Waals surface area contributed by atoms with Crippen LogP contribution in [0.5, 0.6) is 11.5 Å². The van der Waals surface area contributed by atoms with Crippen LogP contribution in [0.2, 0.25) is 10.0 Å². The number of halogens is 3. The van der Waals surface area contributed by atoms with Crippen molar-refractivity contribution in [3.63, 3.8) is 0 Å². The number of amides is 2. The number of nitrogens with zero attached hydrogens (tertiary/aromatic N) is 3. The van der Waals surface area contributed by atoms with Crippen LogP contribution in [0.25, 0.3) is 11.0 Å². The largest absolute Gasteiger partial charge is 0.457 e. The predicted octanol–water partition coefficient (Wildman–Crippen LogP) is 5.09. The number of carbonyl (C=O) groups excluding carboxylic acids is 2. The molecule has 0 aliphatic heterocycles. The van der Waals surface area contributed by atoms with Gasteiger partial charge >= 0.3 is 11.8 Å². The number of carbonyl (C=O) groups is 2. The number of hydrogen-bond donors (Lipinski definition) is 2. The average Bonchev–Trinajstić information content (AvgIpc) is 3.29. The molecule has 2 amide bonds. The van der Waals surface area contributed by atoms with Gasteiger partial charge in [0, 0.05) is 36.2 Å². The molecule has 4 rings (SSSR count). The molecule has 0 bridgehead atoms. The lowest BCUT2D eigenvalue weighted by Gasteiger charge is -2.19. The SMILES string of the molecule is CN(Cc1ccc(Br)cc1Oc1ccc(Cl)c(Cl)c1)C(=O)C(=O)NCc1ccc2n[nH]nc2c1. The second kappa shape index (κ2) is 10.4. The number of aromatic amines is 1. The standard InChI is InChI=1S/C23H18BrCl2N5O3/c1-31(23(33)22(32)27-11-13-2-7-19-20(8-13)29-30-28-19)12-14-3-4-15(24)9-21(14)34-16-5-6-17(25)18(26)10-16/h2-10H,11-12H2,1H3,(H,27,32)(H,28,29,30). The maximum atomic E-state index is 12.7. The summed E-state index contributed by atoms with van der Waals surface area (Å²) in [6.45, 7) is 0.340. The maximum Gasteiger partial charge on any atom is 0.311 e. The number of nitrogens with one attached hydrogen (secondary N) is 2. The van der Waals surface area contributed by atoms with E-state index < -0.39 is 11.8 Å². The third-order valence-corrected chi connectivity index (χ3v) is 6.16. The third-order valence-electron chi connectivity index (χ3n) is 4.93. The third kappa shape index (κ3) is 5.67. The molecule has 0 aliphatic carbocycles. The molecule has 0 atom stereocenters. The molecule has 1 aromatic heterocycles. The summed E-state index contributed by atoms with van der Waals surface area (Å²) in [5, 5.41) is 14.0. The lowest BCUT2D eigenvalue weighted by Crippen LogP contribution is -2.40. The van der Waals surface area contributed by atoms with Crippen LogP contribution in [0.4, 0.5) is 0 Å². The van der Waals surface area contributed by atoms with E-state index in [2.05, 4.69) is 36.7 Å². The number of likely N-dealkylation sites (N-methyl/N-ethyl adjacent to an activating group) is 1. The van der Waals surface area contributed by atoms with E-state index in [1.807, 2.05) is 18.2 Å². The van der Waals surface area contributed by atoms with Crippen molar-refractivity contribution < 1.29 is 14.3 Å². The van der Waals surface area contributed by atoms with Gasteiger partial charge in [0.1, 0.15) is 22.5 Å². The first-order chi connectivity index (χ1) is 16.3. The Labute approximate surface area is 213 Å². The van der Waals surface area contributed by atoms with Crippen molar-refractivity contribution >= 4 is 62.0 Å². The zero-order chi connectivity index (χ0) is 24.2. The molecular weight excluding hydrogens is 545 g/mol. The number of hydrogen-bond acceptors (Lipinski definition) is 5. The van der Waals surface area contributed by atoms with Crippen molar-refractivity contribution in [2.45, 2.75) is 13.1 Å². The minimum absolute atomic E-state index is 0.154. The summed E-state index contributed by atoms with van der Waals surface area (Å²) < 4.78 is 6.77. The first kappa shape index (κ1) is 24.0. The van der Waals surface area contributed by atoms with Crippen LogP contribution in [-0.2, 0) is 22.7 Å². The lowest BCUT2D eigenvalue weighted by molar-refractivity contribution is -0.145. The van der Waals surface area contributed by atoms with E-state index in [4.69, 9.17) is 27.9 Å². The first-order valence-electron chi connectivity index (χ1n) is 10.0. The number of H-pyrrole nitrogens is 1. The van der Waals surface area contributed by atoms with Crippen LogP contribution in [0.15, 0.2) is 59.1 Å². The van der Waals surface area contributed by atoms with Gasteiger partial charge < -0.3 is 15.0 Å². The van der Waals surface area contributed by atoms with Crippen LogP contribution in [0, 0.1) is 0 Å². The van der Waals surface area contributed by atoms with E-state index in [9.17, 15) is 9.59 Å². The van der Waals surface area contributed by atoms with E-state index in [1.165, 1.54) is 4.90 Å². The molecule has 0 spiro atoms. The number of ether oxygens (including phenoxy) is 1. The van der Waals surface area contributed by atoms with E-state index in [0.717, 1.165) is 15.6 Å². The van der Waals surface area contributed by atoms with Crippen molar-refractivity contribution in [3.8, 4) is 11.5 Å². The van der Waals surface area contributed by atoms with Crippen LogP contribution in [0.3, 0.4) is 0 Å². The summed E-state index contributed by atoms with van der Waals surface area (Å²) in [4.78, 5) is 26.4. The average molecular weight is 563 g/mol. The van der Waals surface area contributed by atoms with Crippen LogP contribution >= 0.6 is 39.1 Å². The fourth-order valence-electron chi connectivity index (χ4n) is 3.18. The summed E-state index contributed by atoms with van der Waals surface area (Å²) in [5.74, 6) is -0.393. The summed E-state index contributed by atoms with van der Waals surface area (Å²) >= 11 is 15.5. The van der Waals surface area contributed by atoms with Crippen molar-refractivity contribution in [2.24, 2.45) is 0 Å². The van der Waals surface area contributed by atoms with Gasteiger partial charge in [-0.15, -0.1) is 0 Å². The molecule has 174 valence electrons. The normalized spacial score (nSPS) is 10.8. The molecular formula is C23H18BrCl2N5O3. The van der Waals surface area contributed by atoms with Gasteiger partial charge in [0.25, 0.3) is 0 Å². The Bertz CT molecular complexity index is 1380. The molecule has 0 unspecified atom stereocenters. The highest BCUT2D eigenvalue weighted by Gasteiger charge is 2.20. The minimum atomic E-state index is -0.716. The lowest BCUT2D eigenvalue weighted by atomic mass is 10.2. The molecule has 2 N–H and O–H groups in total. The minimum Gasteiger partial charge on any atom is -0.457 e. The van der Waals surface area contributed by atoms with Crippen LogP contribution in [-0.4, -0.2) is 39.2 Å². The van der Waals surface area contributed by atoms with Crippen molar-refractivity contribution in [1.82, 2.24) is 25.6 Å². The molecule has 0 aliphatic rings. The Hall–Kier alpha value is -3.14. The Morgan fingerprint density at radius 1 is 1.03 bits per heavy atom. The highest BCUT2D eigenvalue weighted by molar-refractivity contribution is 9.10. The van der Waals surface area contributed by atoms with Crippen LogP contribution < -0.4 is 10.1 Å². The zero-order valence-corrected chi connectivity index (χ0v) is 20.9. The summed E-state index contributed by atoms with van der Waals surface area (Å²) in [6.07, 6.45) is 0. The van der Waals surface area contributed by atoms with Gasteiger partial charge in [-0.2, -0.15) is 15.4 Å². The Morgan fingerprint density at radius 3 is 2.62 bits per heavy atom. The Balaban J connectivity index is 1.41. The molecule has 0 radical (unpaired) electrons. The van der Waals surface area contributed by atoms with Gasteiger partial charge in [0.05, 0.1) is 10.0 Å². The van der Waals surface area contributed by atoms with E-state index in [1.54, 1.807) is 43.4 Å². The molecule has 0 saturated heterocycles. The highest BCUT2D eigenvalue weighted by atomic mass is 79.9. The van der Waals surface area contributed by atoms with E-state index in [0.29, 0.717) is 32.6 Å². The Morgan fingerprint density at radius 2 is 1.82 bits per heavy atom. The van der Waals surface area contributed by atoms with Crippen LogP contribution in [0.1, 0.15) is 11.1 Å². The van der Waals surface area contributed by atoms with Gasteiger partial charge in [0.2, 0.25) is 0 Å². The molecule has 34 heavy (non-hydrogen) atoms. The molecule has 11 heteroatoms. The highest BCUT2D eigenvalue weighted by Crippen LogP contribution is 2.33. The Kier molecular flexibility index (Phi) is 7.35. The van der Waals surface area contributed by atoms with Gasteiger partial charge in [-0.3, -0.25) is 9.59 Å². The quantitative estimate of drug-likeness (QED) is 0.319. The number of rotatable bonds is 6. The molecule has 4 aromatic rings. The first-order valence-corrected chi connectivity index (χ1v) is 11.6. The molecule has 8 nitrogen and oxygen atoms in total. The fourth-order valence-corrected chi connectivity index (χ4v) is 3.80. The number of aromatic nitrogens is 3. The topological polar surface area (TPSA) is 100 Å². The number of fused-ring (bicyclic) bond motifs is 1. The van der Waals surface area contributed by atoms with E-state index in [-0.39, 0.29) is 13.1 Å². The summed E-state index contributed by atoms with van der Waals surface area (Å²) in [5.41, 5.74) is 2.91. The van der Waals surface area contributed by atoms with E-state index >= 15 is 0 Å². The second-order valence-electron chi connectivity index (χ2n) is 7.42. The van der Waals surface area contributed by atoms with Crippen molar-refractivity contribution in [1.29, 1.82) is 0 Å². The summed E-state index contributed by atoms with van der Waals surface area (Å²) in [6, 6.07) is 15.7. The van der Waals surface area contributed by atoms with Gasteiger partial charge in [-0.1, -0.05) is 51.3 Å². The smallest absolute Gasteiger partial charge is 0.311 e. The zero-order valence-electron chi connectivity index (χ0n) is 17.8. The number of benzene rings is 3. The van der Waals surface area contributed by atoms with Crippen molar-refractivity contribution in [2.75, 3.05) is 7.05 Å². The van der Waals surface area contributed by atoms with Gasteiger partial charge in [0.15, 0.2) is 0 Å². The second-order valence-corrected chi connectivity index (χ2v) is 9.15. The fraction of sp³-hybridized carbons (Fsp3) is 0.130. The maximum absolute atomic E-state index is 12.7. The monoisotopic (exact) mass is 561 g/mol. The van der Waals surface area contributed by atoms with Gasteiger partial charge in [-0.05, 0) is 42.0 Å². The van der Waals surface area contributed by atoms with Gasteiger partial charge in [-0.25, -0.2) is 0 Å². The molecule has 3 aromatic carbocycles.